The first-order chi connectivity index (χ1) is 7.20. The predicted octanol–water partition coefficient (Wildman–Crippen LogP) is 2.10. The smallest absolute Gasteiger partial charge is 0.130 e. The van der Waals surface area contributed by atoms with Gasteiger partial charge in [-0.05, 0) is 35.0 Å². The van der Waals surface area contributed by atoms with E-state index in [9.17, 15) is 0 Å². The number of rotatable bonds is 3. The van der Waals surface area contributed by atoms with Crippen molar-refractivity contribution in [1.82, 2.24) is 9.78 Å². The Morgan fingerprint density at radius 3 is 2.87 bits per heavy atom. The van der Waals surface area contributed by atoms with Gasteiger partial charge in [-0.3, -0.25) is 4.68 Å². The van der Waals surface area contributed by atoms with Crippen LogP contribution < -0.4 is 5.73 Å². The van der Waals surface area contributed by atoms with Crippen molar-refractivity contribution in [3.8, 4) is 0 Å². The van der Waals surface area contributed by atoms with Gasteiger partial charge in [0.2, 0.25) is 0 Å². The Labute approximate surface area is 96.2 Å². The van der Waals surface area contributed by atoms with Crippen molar-refractivity contribution in [2.75, 3.05) is 6.54 Å². The molecule has 0 aliphatic carbocycles. The molecular weight excluding hydrogens is 258 g/mol. The number of furan rings is 1. The molecule has 2 aromatic rings. The minimum absolute atomic E-state index is 0.0370. The van der Waals surface area contributed by atoms with Crippen LogP contribution in [-0.2, 0) is 0 Å². The van der Waals surface area contributed by atoms with Gasteiger partial charge >= 0.3 is 0 Å². The fraction of sp³-hybridized carbons (Fsp3) is 0.300. The van der Waals surface area contributed by atoms with E-state index in [1.807, 2.05) is 25.3 Å². The summed E-state index contributed by atoms with van der Waals surface area (Å²) in [6.07, 6.45) is 3.62. The summed E-state index contributed by atoms with van der Waals surface area (Å²) in [5, 5.41) is 4.20. The predicted molar refractivity (Wildman–Crippen MR) is 60.6 cm³/mol. The maximum absolute atomic E-state index is 5.72. The standard InChI is InChI=1S/C10H12BrN3O/c1-7-2-3-10(15-7)9(4-12)14-6-8(11)5-13-14/h2-3,5-6,9H,4,12H2,1H3. The molecule has 0 saturated heterocycles. The van der Waals surface area contributed by atoms with Crippen molar-refractivity contribution >= 4 is 15.9 Å². The minimum atomic E-state index is -0.0370. The van der Waals surface area contributed by atoms with Gasteiger partial charge in [-0.1, -0.05) is 0 Å². The SMILES string of the molecule is Cc1ccc(C(CN)n2cc(Br)cn2)o1. The molecule has 5 heteroatoms. The highest BCUT2D eigenvalue weighted by Crippen LogP contribution is 2.20. The zero-order valence-electron chi connectivity index (χ0n) is 8.35. The molecule has 0 spiro atoms. The van der Waals surface area contributed by atoms with Crippen LogP contribution in [0.4, 0.5) is 0 Å². The highest BCUT2D eigenvalue weighted by molar-refractivity contribution is 9.10. The number of nitrogens with two attached hydrogens (primary N) is 1. The van der Waals surface area contributed by atoms with Crippen molar-refractivity contribution in [2.45, 2.75) is 13.0 Å². The van der Waals surface area contributed by atoms with Crippen molar-refractivity contribution in [3.63, 3.8) is 0 Å². The molecule has 1 atom stereocenters. The third-order valence-corrected chi connectivity index (χ3v) is 2.61. The Hall–Kier alpha value is -1.07. The molecule has 2 heterocycles. The Bertz CT molecular complexity index is 409. The molecule has 2 N–H and O–H groups in total. The number of aromatic nitrogens is 2. The lowest BCUT2D eigenvalue weighted by Crippen LogP contribution is -2.20. The fourth-order valence-electron chi connectivity index (χ4n) is 1.47. The van der Waals surface area contributed by atoms with E-state index in [0.717, 1.165) is 16.0 Å². The van der Waals surface area contributed by atoms with Crippen molar-refractivity contribution < 1.29 is 4.42 Å². The van der Waals surface area contributed by atoms with Crippen LogP contribution in [0.5, 0.6) is 0 Å². The van der Waals surface area contributed by atoms with E-state index in [4.69, 9.17) is 10.2 Å². The molecule has 0 fully saturated rings. The summed E-state index contributed by atoms with van der Waals surface area (Å²) in [6, 6.07) is 3.82. The summed E-state index contributed by atoms with van der Waals surface area (Å²) >= 11 is 3.35. The highest BCUT2D eigenvalue weighted by atomic mass is 79.9. The average Bonchev–Trinajstić information content (AvgIpc) is 2.78. The van der Waals surface area contributed by atoms with Crippen LogP contribution >= 0.6 is 15.9 Å². The van der Waals surface area contributed by atoms with Gasteiger partial charge in [0.25, 0.3) is 0 Å². The average molecular weight is 270 g/mol. The van der Waals surface area contributed by atoms with Crippen LogP contribution in [0, 0.1) is 6.92 Å². The number of aryl methyl sites for hydroxylation is 1. The number of nitrogens with zero attached hydrogens (tertiary/aromatic N) is 2. The van der Waals surface area contributed by atoms with E-state index < -0.39 is 0 Å². The van der Waals surface area contributed by atoms with E-state index >= 15 is 0 Å². The molecule has 15 heavy (non-hydrogen) atoms. The van der Waals surface area contributed by atoms with E-state index in [1.54, 1.807) is 10.9 Å². The van der Waals surface area contributed by atoms with Gasteiger partial charge < -0.3 is 10.2 Å². The van der Waals surface area contributed by atoms with Gasteiger partial charge in [0.15, 0.2) is 0 Å². The molecule has 80 valence electrons. The Kier molecular flexibility index (Phi) is 2.93. The van der Waals surface area contributed by atoms with Gasteiger partial charge in [-0.25, -0.2) is 0 Å². The second-order valence-corrected chi connectivity index (χ2v) is 4.25. The third kappa shape index (κ3) is 2.13. The summed E-state index contributed by atoms with van der Waals surface area (Å²) in [4.78, 5) is 0. The first kappa shape index (κ1) is 10.4. The highest BCUT2D eigenvalue weighted by Gasteiger charge is 2.16. The molecule has 0 bridgehead atoms. The van der Waals surface area contributed by atoms with Gasteiger partial charge in [-0.2, -0.15) is 5.10 Å². The van der Waals surface area contributed by atoms with Crippen molar-refractivity contribution in [2.24, 2.45) is 5.73 Å². The van der Waals surface area contributed by atoms with Crippen LogP contribution in [0.2, 0.25) is 0 Å². The van der Waals surface area contributed by atoms with Gasteiger partial charge in [0.1, 0.15) is 17.6 Å². The summed E-state index contributed by atoms with van der Waals surface area (Å²) < 4.78 is 8.27. The molecule has 0 radical (unpaired) electrons. The van der Waals surface area contributed by atoms with E-state index in [1.165, 1.54) is 0 Å². The summed E-state index contributed by atoms with van der Waals surface area (Å²) in [5.74, 6) is 1.72. The molecule has 4 nitrogen and oxygen atoms in total. The topological polar surface area (TPSA) is 57.0 Å². The second kappa shape index (κ2) is 4.20. The molecule has 0 aliphatic rings. The zero-order valence-corrected chi connectivity index (χ0v) is 9.94. The molecule has 2 rings (SSSR count). The zero-order chi connectivity index (χ0) is 10.8. The van der Waals surface area contributed by atoms with E-state index in [-0.39, 0.29) is 6.04 Å². The quantitative estimate of drug-likeness (QED) is 0.929. The maximum Gasteiger partial charge on any atom is 0.130 e. The molecule has 0 amide bonds. The first-order valence-electron chi connectivity index (χ1n) is 4.67. The van der Waals surface area contributed by atoms with Gasteiger partial charge in [0, 0.05) is 12.7 Å². The summed E-state index contributed by atoms with van der Waals surface area (Å²) in [7, 11) is 0. The van der Waals surface area contributed by atoms with E-state index in [0.29, 0.717) is 6.54 Å². The maximum atomic E-state index is 5.72. The van der Waals surface area contributed by atoms with Crippen LogP contribution in [0.15, 0.2) is 33.4 Å². The Morgan fingerprint density at radius 2 is 2.40 bits per heavy atom. The van der Waals surface area contributed by atoms with Gasteiger partial charge in [-0.15, -0.1) is 0 Å². The molecule has 0 aliphatic heterocycles. The number of hydrogen-bond donors (Lipinski definition) is 1. The van der Waals surface area contributed by atoms with Gasteiger partial charge in [0.05, 0.1) is 10.7 Å². The Morgan fingerprint density at radius 1 is 1.60 bits per heavy atom. The largest absolute Gasteiger partial charge is 0.464 e. The second-order valence-electron chi connectivity index (χ2n) is 3.34. The normalized spacial score (nSPS) is 13.0. The lowest BCUT2D eigenvalue weighted by molar-refractivity contribution is 0.398. The number of hydrogen-bond acceptors (Lipinski definition) is 3. The summed E-state index contributed by atoms with van der Waals surface area (Å²) in [6.45, 7) is 2.37. The lowest BCUT2D eigenvalue weighted by Gasteiger charge is -2.12. The van der Waals surface area contributed by atoms with Crippen LogP contribution in [0.25, 0.3) is 0 Å². The van der Waals surface area contributed by atoms with Crippen molar-refractivity contribution in [1.29, 1.82) is 0 Å². The van der Waals surface area contributed by atoms with Crippen LogP contribution in [0.3, 0.4) is 0 Å². The third-order valence-electron chi connectivity index (χ3n) is 2.20. The monoisotopic (exact) mass is 269 g/mol. The Balaban J connectivity index is 2.32. The lowest BCUT2D eigenvalue weighted by atomic mass is 10.2. The molecule has 0 aromatic carbocycles. The number of halogens is 1. The molecule has 2 aromatic heterocycles. The molecule has 0 saturated carbocycles. The fourth-order valence-corrected chi connectivity index (χ4v) is 1.77. The van der Waals surface area contributed by atoms with Crippen molar-refractivity contribution in [3.05, 3.63) is 40.5 Å². The minimum Gasteiger partial charge on any atom is -0.464 e. The van der Waals surface area contributed by atoms with E-state index in [2.05, 4.69) is 21.0 Å². The van der Waals surface area contributed by atoms with Crippen LogP contribution in [0.1, 0.15) is 17.6 Å². The van der Waals surface area contributed by atoms with Crippen LogP contribution in [-0.4, -0.2) is 16.3 Å². The summed E-state index contributed by atoms with van der Waals surface area (Å²) in [5.41, 5.74) is 5.72. The molecular formula is C10H12BrN3O. The molecule has 1 unspecified atom stereocenters. The first-order valence-corrected chi connectivity index (χ1v) is 5.46.